The lowest BCUT2D eigenvalue weighted by Gasteiger charge is -2.44. The molecule has 4 rings (SSSR count). The predicted molar refractivity (Wildman–Crippen MR) is 99.3 cm³/mol. The highest BCUT2D eigenvalue weighted by Crippen LogP contribution is 2.56. The van der Waals surface area contributed by atoms with Crippen molar-refractivity contribution in [3.8, 4) is 0 Å². The van der Waals surface area contributed by atoms with Gasteiger partial charge in [-0.25, -0.2) is 0 Å². The Morgan fingerprint density at radius 3 is 2.89 bits per heavy atom. The third kappa shape index (κ3) is 2.88. The lowest BCUT2D eigenvalue weighted by molar-refractivity contribution is -0.152. The number of amides is 2. The summed E-state index contributed by atoms with van der Waals surface area (Å²) in [6.45, 7) is 6.00. The Hall–Kier alpha value is -2.46. The van der Waals surface area contributed by atoms with E-state index >= 15 is 0 Å². The number of β-lactam (4-membered cyclic amide) rings is 1. The standard InChI is InChI=1S/C17H21N7O2S/c1-8-5-4-6-9(7-8)10(18)14(25)19-11-15(26)24-12(13-20-22-23-21-13)17(2,3)27-16(11)24/h4-7,10-12,16H,18H2,1-3H3,(H,19,25)(H,20,21,22,23)/t10-,11?,12?,16+/m0/s1. The second-order valence-electron chi connectivity index (χ2n) is 7.41. The summed E-state index contributed by atoms with van der Waals surface area (Å²) in [5.74, 6) is -0.0396. The van der Waals surface area contributed by atoms with E-state index in [0.29, 0.717) is 5.82 Å². The maximum Gasteiger partial charge on any atom is 0.249 e. The van der Waals surface area contributed by atoms with Crippen molar-refractivity contribution in [3.63, 3.8) is 0 Å². The average molecular weight is 387 g/mol. The molecule has 142 valence electrons. The molecule has 2 amide bonds. The molecule has 2 fully saturated rings. The van der Waals surface area contributed by atoms with Gasteiger partial charge in [-0.15, -0.1) is 22.0 Å². The van der Waals surface area contributed by atoms with Gasteiger partial charge in [0.1, 0.15) is 23.5 Å². The normalized spacial score (nSPS) is 27.0. The van der Waals surface area contributed by atoms with Gasteiger partial charge in [0, 0.05) is 4.75 Å². The first-order valence-electron chi connectivity index (χ1n) is 8.65. The van der Waals surface area contributed by atoms with Crippen molar-refractivity contribution in [2.75, 3.05) is 0 Å². The van der Waals surface area contributed by atoms with Crippen molar-refractivity contribution in [1.82, 2.24) is 30.8 Å². The van der Waals surface area contributed by atoms with E-state index in [-0.39, 0.29) is 28.0 Å². The number of H-pyrrole nitrogens is 1. The van der Waals surface area contributed by atoms with E-state index in [1.807, 2.05) is 45.0 Å². The zero-order valence-electron chi connectivity index (χ0n) is 15.2. The number of aromatic amines is 1. The third-order valence-corrected chi connectivity index (χ3v) is 6.60. The molecule has 0 aliphatic carbocycles. The molecular weight excluding hydrogens is 366 g/mol. The number of nitrogens with two attached hydrogens (primary N) is 1. The Labute approximate surface area is 160 Å². The molecule has 9 nitrogen and oxygen atoms in total. The van der Waals surface area contributed by atoms with Crippen LogP contribution in [0.3, 0.4) is 0 Å². The van der Waals surface area contributed by atoms with Gasteiger partial charge in [-0.05, 0) is 26.3 Å². The molecule has 27 heavy (non-hydrogen) atoms. The highest BCUT2D eigenvalue weighted by molar-refractivity contribution is 8.01. The number of benzene rings is 1. The van der Waals surface area contributed by atoms with Crippen molar-refractivity contribution in [2.24, 2.45) is 5.73 Å². The van der Waals surface area contributed by atoms with Crippen LogP contribution in [0.2, 0.25) is 0 Å². The number of aromatic nitrogens is 4. The summed E-state index contributed by atoms with van der Waals surface area (Å²) < 4.78 is -0.303. The Bertz CT molecular complexity index is 885. The van der Waals surface area contributed by atoms with Crippen molar-refractivity contribution in [2.45, 2.75) is 49.0 Å². The summed E-state index contributed by atoms with van der Waals surface area (Å²) in [5, 5.41) is 16.8. The molecule has 0 spiro atoms. The van der Waals surface area contributed by atoms with E-state index in [1.54, 1.807) is 16.7 Å². The van der Waals surface area contributed by atoms with E-state index < -0.39 is 12.1 Å². The van der Waals surface area contributed by atoms with Crippen LogP contribution in [0, 0.1) is 6.92 Å². The van der Waals surface area contributed by atoms with Crippen LogP contribution in [-0.4, -0.2) is 53.5 Å². The summed E-state index contributed by atoms with van der Waals surface area (Å²) in [4.78, 5) is 27.1. The molecular formula is C17H21N7O2S. The number of carbonyl (C=O) groups excluding carboxylic acids is 2. The molecule has 0 bridgehead atoms. The van der Waals surface area contributed by atoms with Crippen LogP contribution in [-0.2, 0) is 9.59 Å². The second kappa shape index (κ2) is 6.31. The van der Waals surface area contributed by atoms with Gasteiger partial charge in [0.15, 0.2) is 5.82 Å². The first-order chi connectivity index (χ1) is 12.8. The molecule has 2 aromatic rings. The van der Waals surface area contributed by atoms with Gasteiger partial charge < -0.3 is 16.0 Å². The number of nitrogens with zero attached hydrogens (tertiary/aromatic N) is 4. The number of carbonyl (C=O) groups is 2. The summed E-state index contributed by atoms with van der Waals surface area (Å²) in [6.07, 6.45) is 0. The van der Waals surface area contributed by atoms with E-state index in [2.05, 4.69) is 25.9 Å². The maximum atomic E-state index is 12.8. The number of aryl methyl sites for hydroxylation is 1. The molecule has 0 saturated carbocycles. The van der Waals surface area contributed by atoms with Crippen LogP contribution < -0.4 is 11.1 Å². The van der Waals surface area contributed by atoms with Crippen molar-refractivity contribution >= 4 is 23.6 Å². The van der Waals surface area contributed by atoms with Crippen LogP contribution in [0.5, 0.6) is 0 Å². The Morgan fingerprint density at radius 2 is 2.22 bits per heavy atom. The molecule has 2 aliphatic heterocycles. The fraction of sp³-hybridized carbons (Fsp3) is 0.471. The summed E-state index contributed by atoms with van der Waals surface area (Å²) in [6, 6.07) is 5.77. The number of hydrogen-bond donors (Lipinski definition) is 3. The summed E-state index contributed by atoms with van der Waals surface area (Å²) >= 11 is 1.62. The molecule has 10 heteroatoms. The summed E-state index contributed by atoms with van der Waals surface area (Å²) in [5.41, 5.74) is 7.85. The lowest BCUT2D eigenvalue weighted by atomic mass is 9.95. The molecule has 4 atom stereocenters. The summed E-state index contributed by atoms with van der Waals surface area (Å²) in [7, 11) is 0. The molecule has 2 aliphatic rings. The van der Waals surface area contributed by atoms with E-state index in [1.165, 1.54) is 0 Å². The quantitative estimate of drug-likeness (QED) is 0.649. The van der Waals surface area contributed by atoms with Gasteiger partial charge in [0.05, 0.1) is 0 Å². The topological polar surface area (TPSA) is 130 Å². The van der Waals surface area contributed by atoms with Gasteiger partial charge in [-0.1, -0.05) is 35.0 Å². The average Bonchev–Trinajstić information content (AvgIpc) is 3.23. The fourth-order valence-corrected chi connectivity index (χ4v) is 5.34. The van der Waals surface area contributed by atoms with Crippen LogP contribution >= 0.6 is 11.8 Å². The van der Waals surface area contributed by atoms with Gasteiger partial charge >= 0.3 is 0 Å². The van der Waals surface area contributed by atoms with E-state index in [4.69, 9.17) is 5.73 Å². The minimum atomic E-state index is -0.820. The first-order valence-corrected chi connectivity index (χ1v) is 9.53. The Morgan fingerprint density at radius 1 is 1.44 bits per heavy atom. The molecule has 4 N–H and O–H groups in total. The smallest absolute Gasteiger partial charge is 0.249 e. The second-order valence-corrected chi connectivity index (χ2v) is 9.18. The minimum absolute atomic E-state index is 0.155. The van der Waals surface area contributed by atoms with E-state index in [0.717, 1.165) is 11.1 Å². The third-order valence-electron chi connectivity index (χ3n) is 5.03. The van der Waals surface area contributed by atoms with Gasteiger partial charge in [0.2, 0.25) is 11.8 Å². The number of hydrogen-bond acceptors (Lipinski definition) is 7. The molecule has 3 heterocycles. The molecule has 0 radical (unpaired) electrons. The Balaban J connectivity index is 1.49. The predicted octanol–water partition coefficient (Wildman–Crippen LogP) is 0.428. The first kappa shape index (κ1) is 17.9. The number of rotatable bonds is 4. The van der Waals surface area contributed by atoms with Crippen LogP contribution in [0.25, 0.3) is 0 Å². The molecule has 1 aromatic heterocycles. The number of nitrogens with one attached hydrogen (secondary N) is 2. The van der Waals surface area contributed by atoms with Gasteiger partial charge in [0.25, 0.3) is 0 Å². The number of thioether (sulfide) groups is 1. The molecule has 1 aromatic carbocycles. The SMILES string of the molecule is Cc1cccc([C@H](N)C(=O)NC2C(=O)N3C(c4nn[nH]n4)C(C)(C)S[C@H]23)c1. The van der Waals surface area contributed by atoms with Crippen molar-refractivity contribution in [3.05, 3.63) is 41.2 Å². The van der Waals surface area contributed by atoms with E-state index in [9.17, 15) is 9.59 Å². The number of fused-ring (bicyclic) bond motifs is 1. The zero-order chi connectivity index (χ0) is 19.3. The largest absolute Gasteiger partial charge is 0.340 e. The maximum absolute atomic E-state index is 12.8. The van der Waals surface area contributed by atoms with Crippen molar-refractivity contribution < 1.29 is 9.59 Å². The van der Waals surface area contributed by atoms with Gasteiger partial charge in [-0.3, -0.25) is 9.59 Å². The molecule has 2 saturated heterocycles. The zero-order valence-corrected chi connectivity index (χ0v) is 16.0. The van der Waals surface area contributed by atoms with Gasteiger partial charge in [-0.2, -0.15) is 5.21 Å². The minimum Gasteiger partial charge on any atom is -0.340 e. The molecule has 2 unspecified atom stereocenters. The van der Waals surface area contributed by atoms with Crippen LogP contribution in [0.4, 0.5) is 0 Å². The highest BCUT2D eigenvalue weighted by Gasteiger charge is 2.63. The fourth-order valence-electron chi connectivity index (χ4n) is 3.71. The monoisotopic (exact) mass is 387 g/mol. The van der Waals surface area contributed by atoms with Crippen LogP contribution in [0.15, 0.2) is 24.3 Å². The Kier molecular flexibility index (Phi) is 4.19. The van der Waals surface area contributed by atoms with Crippen LogP contribution in [0.1, 0.15) is 42.9 Å². The number of tetrazole rings is 1. The lowest BCUT2D eigenvalue weighted by Crippen LogP contribution is -2.68. The van der Waals surface area contributed by atoms with Crippen molar-refractivity contribution in [1.29, 1.82) is 0 Å². The highest BCUT2D eigenvalue weighted by atomic mass is 32.2.